The molecule has 0 atom stereocenters. The Labute approximate surface area is 109 Å². The largest absolute Gasteiger partial charge is 0.349 e. The molecule has 3 N–H and O–H groups in total. The molecule has 1 amide bonds. The topological polar surface area (TPSA) is 68.0 Å². The number of hydrogen-bond donors (Lipinski definition) is 2. The molecule has 1 aromatic heterocycles. The second-order valence-electron chi connectivity index (χ2n) is 4.48. The number of pyridine rings is 1. The molecular formula is C12H16BrN3O. The van der Waals surface area contributed by atoms with Gasteiger partial charge < -0.3 is 11.1 Å². The molecule has 17 heavy (non-hydrogen) atoms. The van der Waals surface area contributed by atoms with Gasteiger partial charge in [0.15, 0.2) is 0 Å². The third-order valence-electron chi connectivity index (χ3n) is 3.07. The molecular weight excluding hydrogens is 282 g/mol. The van der Waals surface area contributed by atoms with Crippen LogP contribution in [0.5, 0.6) is 0 Å². The number of nitrogens with one attached hydrogen (secondary N) is 1. The van der Waals surface area contributed by atoms with Crippen molar-refractivity contribution in [3.05, 3.63) is 28.5 Å². The molecule has 1 aromatic rings. The smallest absolute Gasteiger partial charge is 0.253 e. The van der Waals surface area contributed by atoms with E-state index in [4.69, 9.17) is 5.73 Å². The lowest BCUT2D eigenvalue weighted by Gasteiger charge is -2.26. The molecule has 0 saturated heterocycles. The van der Waals surface area contributed by atoms with Crippen LogP contribution in [0.4, 0.5) is 0 Å². The fourth-order valence-electron chi connectivity index (χ4n) is 2.07. The Kier molecular flexibility index (Phi) is 4.12. The van der Waals surface area contributed by atoms with E-state index in [1.807, 2.05) is 0 Å². The molecule has 0 unspecified atom stereocenters. The van der Waals surface area contributed by atoms with Gasteiger partial charge in [0.1, 0.15) is 0 Å². The fourth-order valence-corrected chi connectivity index (χ4v) is 2.43. The molecule has 2 rings (SSSR count). The van der Waals surface area contributed by atoms with Crippen LogP contribution in [0.1, 0.15) is 36.0 Å². The Morgan fingerprint density at radius 2 is 2.06 bits per heavy atom. The van der Waals surface area contributed by atoms with E-state index in [1.165, 1.54) is 0 Å². The van der Waals surface area contributed by atoms with Crippen LogP contribution >= 0.6 is 15.9 Å². The van der Waals surface area contributed by atoms with Gasteiger partial charge in [-0.3, -0.25) is 9.78 Å². The first-order chi connectivity index (χ1) is 8.15. The lowest BCUT2D eigenvalue weighted by Crippen LogP contribution is -2.40. The number of carbonyl (C=O) groups excluding carboxylic acids is 1. The van der Waals surface area contributed by atoms with Crippen molar-refractivity contribution in [3.63, 3.8) is 0 Å². The number of carbonyl (C=O) groups is 1. The van der Waals surface area contributed by atoms with Gasteiger partial charge >= 0.3 is 0 Å². The quantitative estimate of drug-likeness (QED) is 0.875. The first-order valence-corrected chi connectivity index (χ1v) is 6.61. The minimum Gasteiger partial charge on any atom is -0.349 e. The second kappa shape index (κ2) is 5.60. The highest BCUT2D eigenvalue weighted by Crippen LogP contribution is 2.17. The summed E-state index contributed by atoms with van der Waals surface area (Å²) >= 11 is 3.30. The van der Waals surface area contributed by atoms with Crippen molar-refractivity contribution in [1.82, 2.24) is 10.3 Å². The number of rotatable bonds is 2. The summed E-state index contributed by atoms with van der Waals surface area (Å²) in [6.07, 6.45) is 7.15. The van der Waals surface area contributed by atoms with Crippen LogP contribution < -0.4 is 11.1 Å². The first kappa shape index (κ1) is 12.5. The Morgan fingerprint density at radius 1 is 1.35 bits per heavy atom. The maximum absolute atomic E-state index is 11.9. The molecule has 92 valence electrons. The minimum atomic E-state index is -0.0562. The maximum Gasteiger partial charge on any atom is 0.253 e. The van der Waals surface area contributed by atoms with Crippen molar-refractivity contribution in [1.29, 1.82) is 0 Å². The predicted molar refractivity (Wildman–Crippen MR) is 69.6 cm³/mol. The van der Waals surface area contributed by atoms with E-state index in [-0.39, 0.29) is 11.9 Å². The molecule has 1 aliphatic carbocycles. The fraction of sp³-hybridized carbons (Fsp3) is 0.500. The lowest BCUT2D eigenvalue weighted by molar-refractivity contribution is 0.0925. The summed E-state index contributed by atoms with van der Waals surface area (Å²) in [6.45, 7) is 0. The molecule has 1 saturated carbocycles. The molecule has 1 heterocycles. The lowest BCUT2D eigenvalue weighted by atomic mass is 9.92. The number of hydrogen-bond acceptors (Lipinski definition) is 3. The van der Waals surface area contributed by atoms with Crippen LogP contribution in [-0.4, -0.2) is 23.0 Å². The SMILES string of the molecule is N[C@H]1CC[C@H](NC(=O)c2cncc(Br)c2)CC1. The van der Waals surface area contributed by atoms with Crippen molar-refractivity contribution in [2.24, 2.45) is 5.73 Å². The van der Waals surface area contributed by atoms with Crippen LogP contribution in [0.15, 0.2) is 22.9 Å². The van der Waals surface area contributed by atoms with Crippen molar-refractivity contribution < 1.29 is 4.79 Å². The summed E-state index contributed by atoms with van der Waals surface area (Å²) in [5.41, 5.74) is 6.42. The van der Waals surface area contributed by atoms with Crippen LogP contribution in [-0.2, 0) is 0 Å². The highest BCUT2D eigenvalue weighted by atomic mass is 79.9. The van der Waals surface area contributed by atoms with Gasteiger partial charge in [-0.2, -0.15) is 0 Å². The molecule has 4 nitrogen and oxygen atoms in total. The van der Waals surface area contributed by atoms with Gasteiger partial charge in [0.05, 0.1) is 5.56 Å². The Balaban J connectivity index is 1.93. The molecule has 5 heteroatoms. The summed E-state index contributed by atoms with van der Waals surface area (Å²) in [5.74, 6) is -0.0562. The molecule has 0 aliphatic heterocycles. The second-order valence-corrected chi connectivity index (χ2v) is 5.39. The van der Waals surface area contributed by atoms with Crippen LogP contribution in [0.3, 0.4) is 0 Å². The molecule has 0 bridgehead atoms. The van der Waals surface area contributed by atoms with Gasteiger partial charge in [-0.25, -0.2) is 0 Å². The summed E-state index contributed by atoms with van der Waals surface area (Å²) in [7, 11) is 0. The van der Waals surface area contributed by atoms with E-state index in [9.17, 15) is 4.79 Å². The highest BCUT2D eigenvalue weighted by Gasteiger charge is 2.20. The summed E-state index contributed by atoms with van der Waals surface area (Å²) in [4.78, 5) is 15.9. The zero-order valence-corrected chi connectivity index (χ0v) is 11.1. The zero-order valence-electron chi connectivity index (χ0n) is 9.53. The molecule has 0 spiro atoms. The summed E-state index contributed by atoms with van der Waals surface area (Å²) in [5, 5.41) is 3.03. The van der Waals surface area contributed by atoms with Crippen molar-refractivity contribution in [2.75, 3.05) is 0 Å². The molecule has 0 radical (unpaired) electrons. The standard InChI is InChI=1S/C12H16BrN3O/c13-9-5-8(6-15-7-9)12(17)16-11-3-1-10(14)2-4-11/h5-7,10-11H,1-4,14H2,(H,16,17)/t10-,11-. The predicted octanol–water partition coefficient (Wildman–Crippen LogP) is 1.84. The van der Waals surface area contributed by atoms with E-state index in [0.29, 0.717) is 11.6 Å². The van der Waals surface area contributed by atoms with Gasteiger partial charge in [-0.1, -0.05) is 0 Å². The van der Waals surface area contributed by atoms with Crippen LogP contribution in [0, 0.1) is 0 Å². The maximum atomic E-state index is 11.9. The molecule has 1 aliphatic rings. The third-order valence-corrected chi connectivity index (χ3v) is 3.51. The number of nitrogens with zero attached hydrogens (tertiary/aromatic N) is 1. The van der Waals surface area contributed by atoms with Gasteiger partial charge in [-0.05, 0) is 47.7 Å². The summed E-state index contributed by atoms with van der Waals surface area (Å²) in [6, 6.07) is 2.33. The van der Waals surface area contributed by atoms with Gasteiger partial charge in [-0.15, -0.1) is 0 Å². The Morgan fingerprint density at radius 3 is 2.71 bits per heavy atom. The van der Waals surface area contributed by atoms with Crippen molar-refractivity contribution in [2.45, 2.75) is 37.8 Å². The first-order valence-electron chi connectivity index (χ1n) is 5.82. The average Bonchev–Trinajstić information content (AvgIpc) is 2.32. The minimum absolute atomic E-state index is 0.0562. The Bertz CT molecular complexity index is 402. The normalized spacial score (nSPS) is 24.4. The molecule has 1 fully saturated rings. The molecule has 0 aromatic carbocycles. The summed E-state index contributed by atoms with van der Waals surface area (Å²) < 4.78 is 0.816. The van der Waals surface area contributed by atoms with Crippen molar-refractivity contribution >= 4 is 21.8 Å². The number of aromatic nitrogens is 1. The van der Waals surface area contributed by atoms with Crippen LogP contribution in [0.2, 0.25) is 0 Å². The number of halogens is 1. The number of amides is 1. The zero-order chi connectivity index (χ0) is 12.3. The average molecular weight is 298 g/mol. The highest BCUT2D eigenvalue weighted by molar-refractivity contribution is 9.10. The monoisotopic (exact) mass is 297 g/mol. The van der Waals surface area contributed by atoms with E-state index in [2.05, 4.69) is 26.2 Å². The van der Waals surface area contributed by atoms with Crippen molar-refractivity contribution in [3.8, 4) is 0 Å². The van der Waals surface area contributed by atoms with Gasteiger partial charge in [0.25, 0.3) is 5.91 Å². The number of nitrogens with two attached hydrogens (primary N) is 1. The van der Waals surface area contributed by atoms with E-state index >= 15 is 0 Å². The Hall–Kier alpha value is -0.940. The van der Waals surface area contributed by atoms with Gasteiger partial charge in [0, 0.05) is 29.0 Å². The van der Waals surface area contributed by atoms with E-state index in [1.54, 1.807) is 18.5 Å². The third kappa shape index (κ3) is 3.51. The van der Waals surface area contributed by atoms with Crippen LogP contribution in [0.25, 0.3) is 0 Å². The van der Waals surface area contributed by atoms with E-state index in [0.717, 1.165) is 30.2 Å². The van der Waals surface area contributed by atoms with E-state index < -0.39 is 0 Å². The van der Waals surface area contributed by atoms with Gasteiger partial charge in [0.2, 0.25) is 0 Å².